The van der Waals surface area contributed by atoms with E-state index in [9.17, 15) is 0 Å². The Morgan fingerprint density at radius 3 is 0.988 bits per heavy atom. The van der Waals surface area contributed by atoms with Crippen LogP contribution in [-0.2, 0) is 10.8 Å². The lowest BCUT2D eigenvalue weighted by Crippen LogP contribution is -2.28. The molecule has 2 aliphatic rings. The second kappa shape index (κ2) is 18.0. The van der Waals surface area contributed by atoms with Crippen LogP contribution in [0.3, 0.4) is 0 Å². The molecule has 0 fully saturated rings. The van der Waals surface area contributed by atoms with Crippen molar-refractivity contribution in [1.82, 2.24) is 9.13 Å². The molecule has 2 heterocycles. The Morgan fingerprint density at radius 2 is 0.537 bits per heavy atom. The Bertz CT molecular complexity index is 4710. The molecule has 13 aromatic carbocycles. The summed E-state index contributed by atoms with van der Waals surface area (Å²) in [5.74, 6) is 0. The van der Waals surface area contributed by atoms with Gasteiger partial charge in [-0.3, -0.25) is 0 Å². The fraction of sp³-hybridized carbons (Fsp3) is 0.0250. The second-order valence-corrected chi connectivity index (χ2v) is 22.2. The maximum Gasteiger partial charge on any atom is 0.0713 e. The molecule has 17 rings (SSSR count). The zero-order valence-electron chi connectivity index (χ0n) is 44.9. The molecule has 0 spiro atoms. The van der Waals surface area contributed by atoms with Gasteiger partial charge in [0.25, 0.3) is 0 Å². The summed E-state index contributed by atoms with van der Waals surface area (Å²) in [6.07, 6.45) is 0. The summed E-state index contributed by atoms with van der Waals surface area (Å²) in [5.41, 5.74) is 25.7. The van der Waals surface area contributed by atoms with E-state index in [1.807, 2.05) is 0 Å². The van der Waals surface area contributed by atoms with Crippen molar-refractivity contribution in [2.45, 2.75) is 10.8 Å². The quantitative estimate of drug-likeness (QED) is 0.144. The fourth-order valence-corrected chi connectivity index (χ4v) is 15.1. The van der Waals surface area contributed by atoms with Gasteiger partial charge in [-0.05, 0) is 126 Å². The predicted octanol–water partition coefficient (Wildman–Crippen LogP) is 19.9. The van der Waals surface area contributed by atoms with Crippen molar-refractivity contribution in [3.05, 3.63) is 360 Å². The average molecular weight is 1040 g/mol. The van der Waals surface area contributed by atoms with Crippen LogP contribution in [0.1, 0.15) is 44.5 Å². The van der Waals surface area contributed by atoms with Gasteiger partial charge in [-0.25, -0.2) is 0 Å². The minimum atomic E-state index is -0.563. The molecule has 0 amide bonds. The largest absolute Gasteiger partial charge is 0.309 e. The molecule has 0 radical (unpaired) electrons. The van der Waals surface area contributed by atoms with Crippen molar-refractivity contribution >= 4 is 43.6 Å². The van der Waals surface area contributed by atoms with Crippen molar-refractivity contribution in [3.8, 4) is 55.9 Å². The van der Waals surface area contributed by atoms with Gasteiger partial charge in [-0.1, -0.05) is 267 Å². The first kappa shape index (κ1) is 46.4. The Kier molecular flexibility index (Phi) is 10.2. The zero-order chi connectivity index (χ0) is 53.9. The summed E-state index contributed by atoms with van der Waals surface area (Å²) < 4.78 is 5.01. The van der Waals surface area contributed by atoms with Crippen LogP contribution in [-0.4, -0.2) is 9.13 Å². The van der Waals surface area contributed by atoms with Gasteiger partial charge in [0.1, 0.15) is 0 Å². The number of nitrogens with zero attached hydrogens (tertiary/aromatic N) is 2. The van der Waals surface area contributed by atoms with E-state index in [0.717, 1.165) is 44.7 Å². The highest BCUT2D eigenvalue weighted by atomic mass is 15.0. The van der Waals surface area contributed by atoms with Crippen molar-refractivity contribution in [1.29, 1.82) is 0 Å². The van der Waals surface area contributed by atoms with E-state index in [0.29, 0.717) is 0 Å². The third-order valence-corrected chi connectivity index (χ3v) is 18.3. The lowest BCUT2D eigenvalue weighted by Gasteiger charge is -2.34. The van der Waals surface area contributed by atoms with E-state index in [-0.39, 0.29) is 0 Å². The van der Waals surface area contributed by atoms with E-state index in [4.69, 9.17) is 0 Å². The lowest BCUT2D eigenvalue weighted by atomic mass is 9.67. The highest BCUT2D eigenvalue weighted by Crippen LogP contribution is 2.58. The number of para-hydroxylation sites is 4. The highest BCUT2D eigenvalue weighted by Gasteiger charge is 2.47. The average Bonchev–Trinajstić information content (AvgIpc) is 1.95. The van der Waals surface area contributed by atoms with Crippen LogP contribution in [0.5, 0.6) is 0 Å². The molecule has 382 valence electrons. The van der Waals surface area contributed by atoms with Crippen molar-refractivity contribution in [2.75, 3.05) is 0 Å². The minimum Gasteiger partial charge on any atom is -0.309 e. The van der Waals surface area contributed by atoms with Crippen molar-refractivity contribution < 1.29 is 0 Å². The SMILES string of the molecule is c1ccc(C2(c3cccc(-c4cccc(-c5cccc(C6(c7ccccc7)c7ccccc7-c7ccccc76)c5)c4-n4c5ccccc5c5cc(-n6c7ccccc7c7ccccc76)ccc54)c3)c3ccccc3-c3ccccc32)cc1. The first-order valence-electron chi connectivity index (χ1n) is 28.6. The van der Waals surface area contributed by atoms with Gasteiger partial charge in [0.15, 0.2) is 0 Å². The molecular formula is C80H52N2. The fourth-order valence-electron chi connectivity index (χ4n) is 15.1. The van der Waals surface area contributed by atoms with Gasteiger partial charge in [0, 0.05) is 38.4 Å². The normalized spacial score (nSPS) is 13.6. The van der Waals surface area contributed by atoms with Gasteiger partial charge < -0.3 is 9.13 Å². The summed E-state index contributed by atoms with van der Waals surface area (Å²) >= 11 is 0. The van der Waals surface area contributed by atoms with Gasteiger partial charge in [-0.15, -0.1) is 0 Å². The molecule has 82 heavy (non-hydrogen) atoms. The van der Waals surface area contributed by atoms with Crippen molar-refractivity contribution in [3.63, 3.8) is 0 Å². The topological polar surface area (TPSA) is 9.86 Å². The van der Waals surface area contributed by atoms with E-state index in [1.165, 1.54) is 99.3 Å². The lowest BCUT2D eigenvalue weighted by molar-refractivity contribution is 0.768. The van der Waals surface area contributed by atoms with E-state index in [2.05, 4.69) is 325 Å². The van der Waals surface area contributed by atoms with E-state index < -0.39 is 10.8 Å². The molecule has 0 saturated carbocycles. The molecule has 2 nitrogen and oxygen atoms in total. The zero-order valence-corrected chi connectivity index (χ0v) is 44.9. The first-order valence-corrected chi connectivity index (χ1v) is 28.6. The molecule has 2 heteroatoms. The monoisotopic (exact) mass is 1040 g/mol. The van der Waals surface area contributed by atoms with Gasteiger partial charge in [0.05, 0.1) is 38.6 Å². The standard InChI is InChI=1S/C80H52N2/c1-3-26-55(27-4-1)79(70-41-14-7-32-62(70)63-33-8-15-42-71(63)79)57-30-21-24-53(50-57)60-39-23-40-61(54-25-22-31-58(51-54)80(56-28-5-2-6-29-56)72-43-16-9-34-64(72)65-35-10-17-44-73(65)80)78(60)82-76-47-20-13-38-68(76)69-52-59(48-49-77(69)82)81-74-45-18-11-36-66(74)67-37-12-19-46-75(67)81/h1-52H. The molecule has 15 aromatic rings. The smallest absolute Gasteiger partial charge is 0.0713 e. The maximum absolute atomic E-state index is 2.57. The van der Waals surface area contributed by atoms with E-state index in [1.54, 1.807) is 0 Å². The Morgan fingerprint density at radius 1 is 0.207 bits per heavy atom. The molecule has 0 N–H and O–H groups in total. The van der Waals surface area contributed by atoms with Crippen LogP contribution in [0.2, 0.25) is 0 Å². The Hall–Kier alpha value is -10.5. The third kappa shape index (κ3) is 6.40. The molecule has 0 aliphatic heterocycles. The van der Waals surface area contributed by atoms with Crippen LogP contribution in [0.25, 0.3) is 99.5 Å². The van der Waals surface area contributed by atoms with Crippen LogP contribution in [0.4, 0.5) is 0 Å². The van der Waals surface area contributed by atoms with Crippen molar-refractivity contribution in [2.24, 2.45) is 0 Å². The number of rotatable bonds is 8. The van der Waals surface area contributed by atoms with Crippen LogP contribution < -0.4 is 0 Å². The summed E-state index contributed by atoms with van der Waals surface area (Å²) in [6, 6.07) is 118. The minimum absolute atomic E-state index is 0.563. The molecule has 0 atom stereocenters. The number of hydrogen-bond donors (Lipinski definition) is 0. The third-order valence-electron chi connectivity index (χ3n) is 18.3. The van der Waals surface area contributed by atoms with Gasteiger partial charge >= 0.3 is 0 Å². The maximum atomic E-state index is 2.57. The highest BCUT2D eigenvalue weighted by molar-refractivity contribution is 6.13. The van der Waals surface area contributed by atoms with Gasteiger partial charge in [0.2, 0.25) is 0 Å². The number of hydrogen-bond acceptors (Lipinski definition) is 0. The predicted molar refractivity (Wildman–Crippen MR) is 341 cm³/mol. The summed E-state index contributed by atoms with van der Waals surface area (Å²) in [7, 11) is 0. The van der Waals surface area contributed by atoms with Crippen LogP contribution >= 0.6 is 0 Å². The van der Waals surface area contributed by atoms with Crippen LogP contribution in [0.15, 0.2) is 315 Å². The Labute approximate surface area is 476 Å². The molecule has 2 aliphatic carbocycles. The second-order valence-electron chi connectivity index (χ2n) is 22.2. The molecule has 2 aromatic heterocycles. The summed E-state index contributed by atoms with van der Waals surface area (Å²) in [4.78, 5) is 0. The summed E-state index contributed by atoms with van der Waals surface area (Å²) in [5, 5.41) is 4.90. The molecule has 0 bridgehead atoms. The first-order chi connectivity index (χ1) is 40.7. The summed E-state index contributed by atoms with van der Waals surface area (Å²) in [6.45, 7) is 0. The molecule has 0 saturated heterocycles. The van der Waals surface area contributed by atoms with Gasteiger partial charge in [-0.2, -0.15) is 0 Å². The number of aromatic nitrogens is 2. The van der Waals surface area contributed by atoms with E-state index >= 15 is 0 Å². The molecule has 0 unspecified atom stereocenters. The number of benzene rings is 13. The van der Waals surface area contributed by atoms with Crippen LogP contribution in [0, 0.1) is 0 Å². The molecular weight excluding hydrogens is 989 g/mol. The Balaban J connectivity index is 0.953. The number of fused-ring (bicyclic) bond motifs is 12.